The number of rotatable bonds is 4. The van der Waals surface area contributed by atoms with E-state index in [1.807, 2.05) is 20.8 Å². The van der Waals surface area contributed by atoms with Crippen LogP contribution in [0.3, 0.4) is 0 Å². The second kappa shape index (κ2) is 5.86. The quantitative estimate of drug-likeness (QED) is 0.498. The lowest BCUT2D eigenvalue weighted by atomic mass is 10.1. The Kier molecular flexibility index (Phi) is 4.90. The monoisotopic (exact) mass is 290 g/mol. The van der Waals surface area contributed by atoms with Crippen LogP contribution in [0.25, 0.3) is 0 Å². The number of thioether (sulfide) groups is 1. The first-order valence-corrected chi connectivity index (χ1v) is 6.73. The van der Waals surface area contributed by atoms with E-state index in [1.54, 1.807) is 6.07 Å². The van der Waals surface area contributed by atoms with Gasteiger partial charge in [-0.15, -0.1) is 11.8 Å². The third-order valence-electron chi connectivity index (χ3n) is 2.85. The summed E-state index contributed by atoms with van der Waals surface area (Å²) in [4.78, 5) is 0.540. The van der Waals surface area contributed by atoms with E-state index in [0.29, 0.717) is 10.8 Å². The molecule has 0 aliphatic carbocycles. The number of benzene rings is 1. The number of halogens is 3. The molecule has 1 atom stereocenters. The van der Waals surface area contributed by atoms with Crippen LogP contribution >= 0.6 is 11.8 Å². The minimum atomic E-state index is -4.50. The zero-order valence-corrected chi connectivity index (χ0v) is 11.8. The van der Waals surface area contributed by atoms with Crippen LogP contribution in [-0.2, 0) is 6.18 Å². The molecule has 0 saturated heterocycles. The first-order chi connectivity index (χ1) is 8.62. The fraction of sp³-hybridized carbons (Fsp3) is 0.462. The van der Waals surface area contributed by atoms with Crippen molar-refractivity contribution in [2.24, 2.45) is 11.7 Å². The van der Waals surface area contributed by atoms with Gasteiger partial charge in [0.15, 0.2) is 0 Å². The van der Waals surface area contributed by atoms with Crippen LogP contribution in [0.1, 0.15) is 31.9 Å². The lowest BCUT2D eigenvalue weighted by Crippen LogP contribution is -2.19. The van der Waals surface area contributed by atoms with Gasteiger partial charge in [0.25, 0.3) is 0 Å². The molecule has 0 saturated carbocycles. The van der Waals surface area contributed by atoms with Crippen molar-refractivity contribution >= 4 is 17.6 Å². The summed E-state index contributed by atoms with van der Waals surface area (Å²) in [6, 6.07) is 3.91. The second-order valence-electron chi connectivity index (χ2n) is 4.69. The highest BCUT2D eigenvalue weighted by Crippen LogP contribution is 2.36. The number of amidine groups is 1. The van der Waals surface area contributed by atoms with Gasteiger partial charge in [0.1, 0.15) is 5.84 Å². The molecule has 0 aliphatic heterocycles. The van der Waals surface area contributed by atoms with Gasteiger partial charge >= 0.3 is 6.18 Å². The average Bonchev–Trinajstić information content (AvgIpc) is 2.27. The van der Waals surface area contributed by atoms with E-state index < -0.39 is 17.6 Å². The van der Waals surface area contributed by atoms with Crippen molar-refractivity contribution < 1.29 is 13.2 Å². The van der Waals surface area contributed by atoms with Crippen molar-refractivity contribution in [2.45, 2.75) is 37.1 Å². The van der Waals surface area contributed by atoms with Crippen LogP contribution in [0.5, 0.6) is 0 Å². The topological polar surface area (TPSA) is 49.9 Å². The van der Waals surface area contributed by atoms with E-state index in [0.717, 1.165) is 6.07 Å². The standard InChI is InChI=1S/C13H17F3N2S/c1-7(2)8(3)19-9-4-5-10(12(17)18)11(6-9)13(14,15)16/h4-8H,1-3H3,(H3,17,18). The minimum absolute atomic E-state index is 0.212. The maximum absolute atomic E-state index is 12.9. The van der Waals surface area contributed by atoms with E-state index >= 15 is 0 Å². The van der Waals surface area contributed by atoms with Gasteiger partial charge in [0.05, 0.1) is 5.56 Å². The molecule has 0 radical (unpaired) electrons. The van der Waals surface area contributed by atoms with Crippen LogP contribution in [-0.4, -0.2) is 11.1 Å². The van der Waals surface area contributed by atoms with Crippen molar-refractivity contribution in [1.29, 1.82) is 5.41 Å². The van der Waals surface area contributed by atoms with Crippen molar-refractivity contribution in [2.75, 3.05) is 0 Å². The van der Waals surface area contributed by atoms with E-state index in [2.05, 4.69) is 0 Å². The highest BCUT2D eigenvalue weighted by molar-refractivity contribution is 8.00. The zero-order valence-electron chi connectivity index (χ0n) is 11.0. The van der Waals surface area contributed by atoms with Gasteiger partial charge in [0.2, 0.25) is 0 Å². The Labute approximate surface area is 115 Å². The van der Waals surface area contributed by atoms with Gasteiger partial charge in [-0.2, -0.15) is 13.2 Å². The first kappa shape index (κ1) is 15.9. The molecule has 1 aromatic carbocycles. The van der Waals surface area contributed by atoms with Gasteiger partial charge in [-0.05, 0) is 24.1 Å². The Hall–Kier alpha value is -1.17. The lowest BCUT2D eigenvalue weighted by Gasteiger charge is -2.17. The van der Waals surface area contributed by atoms with Crippen molar-refractivity contribution in [3.8, 4) is 0 Å². The molecule has 106 valence electrons. The molecule has 3 N–H and O–H groups in total. The van der Waals surface area contributed by atoms with Crippen LogP contribution in [0.15, 0.2) is 23.1 Å². The Bertz CT molecular complexity index is 469. The number of hydrogen-bond acceptors (Lipinski definition) is 2. The molecule has 1 rings (SSSR count). The van der Waals surface area contributed by atoms with Gasteiger partial charge in [0, 0.05) is 15.7 Å². The highest BCUT2D eigenvalue weighted by Gasteiger charge is 2.34. The minimum Gasteiger partial charge on any atom is -0.384 e. The molecule has 0 fully saturated rings. The van der Waals surface area contributed by atoms with Crippen LogP contribution in [0, 0.1) is 11.3 Å². The average molecular weight is 290 g/mol. The number of nitrogens with two attached hydrogens (primary N) is 1. The molecule has 1 unspecified atom stereocenters. The summed E-state index contributed by atoms with van der Waals surface area (Å²) < 4.78 is 38.8. The number of nitrogens with one attached hydrogen (secondary N) is 1. The molecule has 0 amide bonds. The molecule has 0 aliphatic rings. The molecule has 0 bridgehead atoms. The van der Waals surface area contributed by atoms with E-state index in [1.165, 1.54) is 17.8 Å². The SMILES string of the molecule is CC(C)C(C)Sc1ccc(C(=N)N)c(C(F)(F)F)c1. The first-order valence-electron chi connectivity index (χ1n) is 5.85. The summed E-state index contributed by atoms with van der Waals surface area (Å²) >= 11 is 1.39. The molecule has 6 heteroatoms. The van der Waals surface area contributed by atoms with Gasteiger partial charge in [-0.3, -0.25) is 5.41 Å². The maximum atomic E-state index is 12.9. The highest BCUT2D eigenvalue weighted by atomic mass is 32.2. The van der Waals surface area contributed by atoms with E-state index in [-0.39, 0.29) is 10.8 Å². The van der Waals surface area contributed by atoms with Crippen LogP contribution in [0.4, 0.5) is 13.2 Å². The largest absolute Gasteiger partial charge is 0.417 e. The number of alkyl halides is 3. The summed E-state index contributed by atoms with van der Waals surface area (Å²) in [5, 5.41) is 7.42. The normalized spacial score (nSPS) is 13.6. The maximum Gasteiger partial charge on any atom is 0.417 e. The predicted molar refractivity (Wildman–Crippen MR) is 72.6 cm³/mol. The fourth-order valence-electron chi connectivity index (χ4n) is 1.42. The Morgan fingerprint density at radius 1 is 1.26 bits per heavy atom. The number of nitrogen functional groups attached to an aromatic ring is 1. The Morgan fingerprint density at radius 3 is 2.26 bits per heavy atom. The van der Waals surface area contributed by atoms with Crippen molar-refractivity contribution in [1.82, 2.24) is 0 Å². The van der Waals surface area contributed by atoms with Crippen LogP contribution < -0.4 is 5.73 Å². The molecule has 19 heavy (non-hydrogen) atoms. The molecule has 0 aromatic heterocycles. The third kappa shape index (κ3) is 4.16. The summed E-state index contributed by atoms with van der Waals surface area (Å²) in [6.07, 6.45) is -4.50. The molecule has 0 heterocycles. The summed E-state index contributed by atoms with van der Waals surface area (Å²) in [7, 11) is 0. The second-order valence-corrected chi connectivity index (χ2v) is 6.14. The van der Waals surface area contributed by atoms with Gasteiger partial charge < -0.3 is 5.73 Å². The Morgan fingerprint density at radius 2 is 1.84 bits per heavy atom. The summed E-state index contributed by atoms with van der Waals surface area (Å²) in [5.74, 6) is -0.201. The van der Waals surface area contributed by atoms with Crippen molar-refractivity contribution in [3.63, 3.8) is 0 Å². The van der Waals surface area contributed by atoms with Crippen molar-refractivity contribution in [3.05, 3.63) is 29.3 Å². The Balaban J connectivity index is 3.16. The van der Waals surface area contributed by atoms with E-state index in [9.17, 15) is 13.2 Å². The number of hydrogen-bond donors (Lipinski definition) is 2. The fourth-order valence-corrected chi connectivity index (χ4v) is 2.45. The molecule has 2 nitrogen and oxygen atoms in total. The summed E-state index contributed by atoms with van der Waals surface area (Å²) in [6.45, 7) is 6.01. The molecule has 0 spiro atoms. The molecular formula is C13H17F3N2S. The van der Waals surface area contributed by atoms with E-state index in [4.69, 9.17) is 11.1 Å². The molecular weight excluding hydrogens is 273 g/mol. The summed E-state index contributed by atoms with van der Waals surface area (Å²) in [5.41, 5.74) is 4.07. The predicted octanol–water partition coefficient (Wildman–Crippen LogP) is 4.13. The van der Waals surface area contributed by atoms with Gasteiger partial charge in [-0.1, -0.05) is 20.8 Å². The zero-order chi connectivity index (χ0) is 14.8. The molecule has 1 aromatic rings. The third-order valence-corrected chi connectivity index (χ3v) is 4.29. The lowest BCUT2D eigenvalue weighted by molar-refractivity contribution is -0.137. The van der Waals surface area contributed by atoms with Crippen LogP contribution in [0.2, 0.25) is 0 Å². The smallest absolute Gasteiger partial charge is 0.384 e. The van der Waals surface area contributed by atoms with Gasteiger partial charge in [-0.25, -0.2) is 0 Å².